The first kappa shape index (κ1) is 7.59. The molecule has 0 fully saturated rings. The van der Waals surface area contributed by atoms with Crippen LogP contribution in [0.4, 0.5) is 0 Å². The number of nitrogens with zero attached hydrogens (tertiary/aromatic N) is 1. The molecule has 60 valence electrons. The molecule has 0 saturated carbocycles. The summed E-state index contributed by atoms with van der Waals surface area (Å²) < 4.78 is 0. The van der Waals surface area contributed by atoms with Crippen molar-refractivity contribution < 1.29 is 15.0 Å². The van der Waals surface area contributed by atoms with Crippen LogP contribution in [0.2, 0.25) is 0 Å². The number of aromatic nitrogens is 2. The van der Waals surface area contributed by atoms with Gasteiger partial charge in [-0.3, -0.25) is 4.79 Å². The Morgan fingerprint density at radius 2 is 2.45 bits per heavy atom. The third kappa shape index (κ3) is 2.29. The number of aromatic hydroxyl groups is 1. The van der Waals surface area contributed by atoms with E-state index in [2.05, 4.69) is 9.97 Å². The molecule has 0 aromatic carbocycles. The first-order valence-corrected chi connectivity index (χ1v) is 3.13. The number of hydrogen-bond donors (Lipinski definition) is 3. The highest BCUT2D eigenvalue weighted by Gasteiger charge is 2.01. The first-order chi connectivity index (χ1) is 5.18. The van der Waals surface area contributed by atoms with Gasteiger partial charge in [0.25, 0.3) is 6.01 Å². The van der Waals surface area contributed by atoms with Crippen molar-refractivity contribution in [1.82, 2.24) is 9.97 Å². The first-order valence-electron chi connectivity index (χ1n) is 3.13. The Labute approximate surface area is 62.7 Å². The van der Waals surface area contributed by atoms with Gasteiger partial charge >= 0.3 is 5.97 Å². The number of imidazole rings is 1. The smallest absolute Gasteiger partial charge is 0.303 e. The minimum atomic E-state index is -0.862. The van der Waals surface area contributed by atoms with Crippen molar-refractivity contribution in [2.75, 3.05) is 0 Å². The average molecular weight is 156 g/mol. The molecule has 1 aromatic rings. The Morgan fingerprint density at radius 3 is 2.91 bits per heavy atom. The number of aryl methyl sites for hydroxylation is 1. The fraction of sp³-hybridized carbons (Fsp3) is 0.333. The number of rotatable bonds is 3. The van der Waals surface area contributed by atoms with Crippen molar-refractivity contribution in [3.05, 3.63) is 11.9 Å². The van der Waals surface area contributed by atoms with Crippen LogP contribution >= 0.6 is 0 Å². The lowest BCUT2D eigenvalue weighted by molar-refractivity contribution is -0.136. The Hall–Kier alpha value is -1.52. The quantitative estimate of drug-likeness (QED) is 0.580. The molecule has 0 spiro atoms. The summed E-state index contributed by atoms with van der Waals surface area (Å²) in [6.45, 7) is 0. The monoisotopic (exact) mass is 156 g/mol. The van der Waals surface area contributed by atoms with Crippen molar-refractivity contribution in [2.45, 2.75) is 12.8 Å². The maximum atomic E-state index is 10.1. The predicted octanol–water partition coefficient (Wildman–Crippen LogP) is 0.132. The lowest BCUT2D eigenvalue weighted by Gasteiger charge is -1.90. The van der Waals surface area contributed by atoms with Crippen LogP contribution in [0.15, 0.2) is 6.20 Å². The molecule has 0 saturated heterocycles. The maximum Gasteiger partial charge on any atom is 0.303 e. The molecule has 0 unspecified atom stereocenters. The summed E-state index contributed by atoms with van der Waals surface area (Å²) >= 11 is 0. The number of hydrogen-bond acceptors (Lipinski definition) is 3. The van der Waals surface area contributed by atoms with Gasteiger partial charge in [0.1, 0.15) is 0 Å². The fourth-order valence-corrected chi connectivity index (χ4v) is 0.716. The summed E-state index contributed by atoms with van der Waals surface area (Å²) in [5.74, 6) is -0.862. The van der Waals surface area contributed by atoms with E-state index in [1.54, 1.807) is 0 Å². The summed E-state index contributed by atoms with van der Waals surface area (Å²) in [7, 11) is 0. The van der Waals surface area contributed by atoms with E-state index in [9.17, 15) is 4.79 Å². The fourth-order valence-electron chi connectivity index (χ4n) is 0.716. The van der Waals surface area contributed by atoms with Crippen LogP contribution in [0.5, 0.6) is 6.01 Å². The molecule has 0 radical (unpaired) electrons. The van der Waals surface area contributed by atoms with Crippen LogP contribution in [0, 0.1) is 0 Å². The van der Waals surface area contributed by atoms with Gasteiger partial charge in [-0.2, -0.15) is 0 Å². The molecule has 11 heavy (non-hydrogen) atoms. The van der Waals surface area contributed by atoms with E-state index < -0.39 is 5.97 Å². The van der Waals surface area contributed by atoms with Crippen LogP contribution in [0.25, 0.3) is 0 Å². The van der Waals surface area contributed by atoms with E-state index in [1.165, 1.54) is 6.20 Å². The zero-order valence-electron chi connectivity index (χ0n) is 5.74. The van der Waals surface area contributed by atoms with Crippen molar-refractivity contribution in [3.8, 4) is 6.01 Å². The summed E-state index contributed by atoms with van der Waals surface area (Å²) in [4.78, 5) is 16.1. The molecule has 3 N–H and O–H groups in total. The van der Waals surface area contributed by atoms with Gasteiger partial charge in [-0.05, 0) is 6.42 Å². The van der Waals surface area contributed by atoms with Crippen LogP contribution in [0.3, 0.4) is 0 Å². The van der Waals surface area contributed by atoms with E-state index in [0.717, 1.165) is 0 Å². The van der Waals surface area contributed by atoms with E-state index in [4.69, 9.17) is 10.2 Å². The summed E-state index contributed by atoms with van der Waals surface area (Å²) in [6.07, 6.45) is 1.82. The SMILES string of the molecule is O=C(O)CCc1cnc(O)[nH]1. The minimum Gasteiger partial charge on any atom is -0.481 e. The second-order valence-corrected chi connectivity index (χ2v) is 2.13. The molecule has 1 rings (SSSR count). The second kappa shape index (κ2) is 3.05. The Kier molecular flexibility index (Phi) is 2.10. The van der Waals surface area contributed by atoms with Gasteiger partial charge in [0.2, 0.25) is 0 Å². The molecule has 0 aliphatic rings. The zero-order valence-corrected chi connectivity index (χ0v) is 5.74. The number of aliphatic carboxylic acids is 1. The Bertz CT molecular complexity index is 256. The van der Waals surface area contributed by atoms with Gasteiger partial charge in [-0.25, -0.2) is 4.98 Å². The molecule has 0 atom stereocenters. The van der Waals surface area contributed by atoms with Crippen LogP contribution in [-0.4, -0.2) is 26.2 Å². The second-order valence-electron chi connectivity index (χ2n) is 2.13. The maximum absolute atomic E-state index is 10.1. The normalized spacial score (nSPS) is 9.82. The highest BCUT2D eigenvalue weighted by molar-refractivity contribution is 5.66. The van der Waals surface area contributed by atoms with E-state index >= 15 is 0 Å². The number of carboxylic acid groups (broad SMARTS) is 1. The molecule has 0 aliphatic carbocycles. The molecular formula is C6H8N2O3. The van der Waals surface area contributed by atoms with Gasteiger partial charge in [0.05, 0.1) is 12.6 Å². The topological polar surface area (TPSA) is 86.2 Å². The Balaban J connectivity index is 2.45. The summed E-state index contributed by atoms with van der Waals surface area (Å²) in [6, 6.07) is -0.176. The van der Waals surface area contributed by atoms with Crippen LogP contribution < -0.4 is 0 Å². The zero-order chi connectivity index (χ0) is 8.27. The van der Waals surface area contributed by atoms with E-state index in [0.29, 0.717) is 12.1 Å². The highest BCUT2D eigenvalue weighted by Crippen LogP contribution is 2.04. The van der Waals surface area contributed by atoms with Crippen molar-refractivity contribution in [1.29, 1.82) is 0 Å². The lowest BCUT2D eigenvalue weighted by atomic mass is 10.2. The third-order valence-electron chi connectivity index (χ3n) is 1.22. The largest absolute Gasteiger partial charge is 0.481 e. The van der Waals surface area contributed by atoms with Crippen molar-refractivity contribution >= 4 is 5.97 Å². The molecule has 5 nitrogen and oxygen atoms in total. The molecule has 5 heteroatoms. The average Bonchev–Trinajstić information content (AvgIpc) is 2.31. The standard InChI is InChI=1S/C6H8N2O3/c9-5(10)2-1-4-3-7-6(11)8-4/h3H,1-2H2,(H,9,10)(H2,7,8,11). The van der Waals surface area contributed by atoms with Crippen LogP contribution in [-0.2, 0) is 11.2 Å². The summed E-state index contributed by atoms with van der Waals surface area (Å²) in [5, 5.41) is 17.0. The van der Waals surface area contributed by atoms with Crippen molar-refractivity contribution in [2.24, 2.45) is 0 Å². The van der Waals surface area contributed by atoms with E-state index in [1.807, 2.05) is 0 Å². The molecule has 0 bridgehead atoms. The van der Waals surface area contributed by atoms with Gasteiger partial charge < -0.3 is 15.2 Å². The number of nitrogens with one attached hydrogen (secondary N) is 1. The van der Waals surface area contributed by atoms with E-state index in [-0.39, 0.29) is 12.4 Å². The van der Waals surface area contributed by atoms with Crippen LogP contribution in [0.1, 0.15) is 12.1 Å². The number of carboxylic acids is 1. The third-order valence-corrected chi connectivity index (χ3v) is 1.22. The minimum absolute atomic E-state index is 0.0433. The number of aromatic amines is 1. The molecular weight excluding hydrogens is 148 g/mol. The van der Waals surface area contributed by atoms with Gasteiger partial charge in [0.15, 0.2) is 0 Å². The van der Waals surface area contributed by atoms with Gasteiger partial charge in [-0.15, -0.1) is 0 Å². The molecule has 1 aromatic heterocycles. The Morgan fingerprint density at radius 1 is 1.73 bits per heavy atom. The summed E-state index contributed by atoms with van der Waals surface area (Å²) in [5.41, 5.74) is 0.630. The number of H-pyrrole nitrogens is 1. The highest BCUT2D eigenvalue weighted by atomic mass is 16.4. The predicted molar refractivity (Wildman–Crippen MR) is 36.2 cm³/mol. The molecule has 1 heterocycles. The van der Waals surface area contributed by atoms with Gasteiger partial charge in [0, 0.05) is 5.69 Å². The van der Waals surface area contributed by atoms with Gasteiger partial charge in [-0.1, -0.05) is 0 Å². The molecule has 0 amide bonds. The number of carbonyl (C=O) groups is 1. The van der Waals surface area contributed by atoms with Crippen molar-refractivity contribution in [3.63, 3.8) is 0 Å². The lowest BCUT2D eigenvalue weighted by Crippen LogP contribution is -1.97. The molecule has 0 aliphatic heterocycles.